The van der Waals surface area contributed by atoms with Crippen molar-refractivity contribution in [2.75, 3.05) is 18.5 Å². The minimum absolute atomic E-state index is 0.0554. The first-order valence-electron chi connectivity index (χ1n) is 8.79. The number of allylic oxidation sites excluding steroid dienone is 1. The van der Waals surface area contributed by atoms with Gasteiger partial charge in [-0.05, 0) is 49.2 Å². The number of aliphatic hydroxyl groups excluding tert-OH is 1. The summed E-state index contributed by atoms with van der Waals surface area (Å²) in [6.07, 6.45) is 2.23. The summed E-state index contributed by atoms with van der Waals surface area (Å²) in [6.45, 7) is 5.50. The molecule has 2 aromatic rings. The largest absolute Gasteiger partial charge is 0.491 e. The predicted molar refractivity (Wildman–Crippen MR) is 109 cm³/mol. The number of benzene rings is 2. The number of carbonyl (C=O) groups is 1. The molecule has 0 bridgehead atoms. The minimum atomic E-state index is -1.07. The van der Waals surface area contributed by atoms with Crippen LogP contribution in [0.1, 0.15) is 28.3 Å². The number of nitrogens with two attached hydrogens (primary N) is 1. The topological polar surface area (TPSA) is 129 Å². The Morgan fingerprint density at radius 2 is 2.04 bits per heavy atom. The number of nitrogens with one attached hydrogen (secondary N) is 2. The highest BCUT2D eigenvalue weighted by molar-refractivity contribution is 5.95. The van der Waals surface area contributed by atoms with E-state index in [9.17, 15) is 9.90 Å². The van der Waals surface area contributed by atoms with Gasteiger partial charge >= 0.3 is 5.97 Å². The number of carboxylic acid groups (broad SMARTS) is 1. The van der Waals surface area contributed by atoms with Crippen LogP contribution in [0.3, 0.4) is 0 Å². The second-order valence-corrected chi connectivity index (χ2v) is 6.31. The smallest absolute Gasteiger partial charge is 0.330 e. The molecule has 1 unspecified atom stereocenters. The number of anilines is 1. The highest BCUT2D eigenvalue weighted by Gasteiger charge is 2.26. The molecule has 148 valence electrons. The lowest BCUT2D eigenvalue weighted by molar-refractivity contribution is -0.138. The van der Waals surface area contributed by atoms with E-state index in [1.54, 1.807) is 36.4 Å². The van der Waals surface area contributed by atoms with E-state index in [1.165, 1.54) is 0 Å². The zero-order valence-corrected chi connectivity index (χ0v) is 15.7. The quantitative estimate of drug-likeness (QED) is 0.244. The van der Waals surface area contributed by atoms with Crippen LogP contribution in [0.4, 0.5) is 5.69 Å². The van der Waals surface area contributed by atoms with E-state index in [0.717, 1.165) is 11.1 Å². The lowest BCUT2D eigenvalue weighted by Gasteiger charge is -2.22. The minimum Gasteiger partial charge on any atom is -0.491 e. The first-order chi connectivity index (χ1) is 13.4. The van der Waals surface area contributed by atoms with Crippen molar-refractivity contribution in [2.24, 2.45) is 5.73 Å². The van der Waals surface area contributed by atoms with E-state index < -0.39 is 12.0 Å². The summed E-state index contributed by atoms with van der Waals surface area (Å²) in [5.41, 5.74) is 8.73. The molecule has 0 aromatic heterocycles. The molecular weight excluding hydrogens is 358 g/mol. The average Bonchev–Trinajstić information content (AvgIpc) is 2.65. The maximum Gasteiger partial charge on any atom is 0.330 e. The molecule has 0 aliphatic rings. The van der Waals surface area contributed by atoms with Crippen LogP contribution < -0.4 is 15.8 Å². The monoisotopic (exact) mass is 383 g/mol. The van der Waals surface area contributed by atoms with E-state index in [-0.39, 0.29) is 19.0 Å². The van der Waals surface area contributed by atoms with Gasteiger partial charge in [0.2, 0.25) is 0 Å². The van der Waals surface area contributed by atoms with Crippen molar-refractivity contribution in [1.82, 2.24) is 0 Å². The average molecular weight is 383 g/mol. The standard InChI is InChI=1S/C21H25N3O4/c1-3-4-15-11-13(2)12-17(19(15)28-10-9-25)18(21(26)27)24-16-7-5-14(6-8-16)20(22)23/h3,5-8,11-12,18,24-25H,1,4,9-10H2,2H3,(H3,22,23)(H,26,27). The first kappa shape index (κ1) is 21.0. The summed E-state index contributed by atoms with van der Waals surface area (Å²) < 4.78 is 5.70. The van der Waals surface area contributed by atoms with Crippen LogP contribution in [0.15, 0.2) is 49.1 Å². The summed E-state index contributed by atoms with van der Waals surface area (Å²) >= 11 is 0. The summed E-state index contributed by atoms with van der Waals surface area (Å²) in [5.74, 6) is -0.701. The molecule has 0 amide bonds. The SMILES string of the molecule is C=CCc1cc(C)cc(C(Nc2ccc(C(=N)N)cc2)C(=O)O)c1OCCO. The number of amidine groups is 1. The lowest BCUT2D eigenvalue weighted by atomic mass is 9.97. The Bertz CT molecular complexity index is 863. The third-order valence-corrected chi connectivity index (χ3v) is 4.11. The molecule has 28 heavy (non-hydrogen) atoms. The number of aliphatic carboxylic acids is 1. The van der Waals surface area contributed by atoms with Gasteiger partial charge in [-0.1, -0.05) is 17.7 Å². The van der Waals surface area contributed by atoms with Crippen LogP contribution >= 0.6 is 0 Å². The molecule has 0 spiro atoms. The summed E-state index contributed by atoms with van der Waals surface area (Å²) in [6, 6.07) is 9.23. The molecule has 0 fully saturated rings. The van der Waals surface area contributed by atoms with Gasteiger partial charge in [0.25, 0.3) is 0 Å². The third kappa shape index (κ3) is 5.11. The normalized spacial score (nSPS) is 11.5. The number of nitrogen functional groups attached to an aromatic ring is 1. The highest BCUT2D eigenvalue weighted by atomic mass is 16.5. The molecule has 7 nitrogen and oxygen atoms in total. The summed E-state index contributed by atoms with van der Waals surface area (Å²) in [7, 11) is 0. The number of aliphatic hydroxyl groups is 1. The van der Waals surface area contributed by atoms with Crippen molar-refractivity contribution < 1.29 is 19.7 Å². The van der Waals surface area contributed by atoms with Crippen LogP contribution in [0.25, 0.3) is 0 Å². The molecule has 0 saturated heterocycles. The van der Waals surface area contributed by atoms with Gasteiger partial charge in [0, 0.05) is 16.8 Å². The summed E-state index contributed by atoms with van der Waals surface area (Å²) in [4.78, 5) is 12.0. The molecule has 1 atom stereocenters. The van der Waals surface area contributed by atoms with Crippen LogP contribution in [-0.2, 0) is 11.2 Å². The van der Waals surface area contributed by atoms with E-state index >= 15 is 0 Å². The van der Waals surface area contributed by atoms with Crippen LogP contribution in [0.2, 0.25) is 0 Å². The number of rotatable bonds is 10. The second kappa shape index (κ2) is 9.57. The van der Waals surface area contributed by atoms with Crippen molar-refractivity contribution in [2.45, 2.75) is 19.4 Å². The van der Waals surface area contributed by atoms with Crippen molar-refractivity contribution in [3.05, 3.63) is 71.3 Å². The highest BCUT2D eigenvalue weighted by Crippen LogP contribution is 2.34. The van der Waals surface area contributed by atoms with Crippen molar-refractivity contribution in [3.63, 3.8) is 0 Å². The van der Waals surface area contributed by atoms with E-state index in [2.05, 4.69) is 11.9 Å². The van der Waals surface area contributed by atoms with Crippen LogP contribution in [-0.4, -0.2) is 35.2 Å². The van der Waals surface area contributed by atoms with Gasteiger partial charge in [0.05, 0.1) is 6.61 Å². The number of hydrogen-bond acceptors (Lipinski definition) is 5. The molecule has 2 rings (SSSR count). The Kier molecular flexibility index (Phi) is 7.17. The molecule has 2 aromatic carbocycles. The summed E-state index contributed by atoms with van der Waals surface area (Å²) in [5, 5.41) is 29.4. The van der Waals surface area contributed by atoms with Gasteiger partial charge in [-0.2, -0.15) is 0 Å². The number of ether oxygens (including phenoxy) is 1. The molecule has 0 heterocycles. The fourth-order valence-corrected chi connectivity index (χ4v) is 2.91. The molecule has 7 heteroatoms. The van der Waals surface area contributed by atoms with Gasteiger partial charge in [-0.25, -0.2) is 4.79 Å². The van der Waals surface area contributed by atoms with E-state index in [0.29, 0.717) is 29.0 Å². The van der Waals surface area contributed by atoms with Gasteiger partial charge in [0.1, 0.15) is 18.2 Å². The predicted octanol–water partition coefficient (Wildman–Crippen LogP) is 2.62. The molecule has 0 aliphatic carbocycles. The van der Waals surface area contributed by atoms with Crippen molar-refractivity contribution in [3.8, 4) is 5.75 Å². The Balaban J connectivity index is 2.47. The number of aryl methyl sites for hydroxylation is 1. The molecule has 0 saturated carbocycles. The Labute approximate surface area is 164 Å². The van der Waals surface area contributed by atoms with Crippen molar-refractivity contribution in [1.29, 1.82) is 5.41 Å². The molecule has 0 radical (unpaired) electrons. The van der Waals surface area contributed by atoms with Gasteiger partial charge in [-0.3, -0.25) is 5.41 Å². The van der Waals surface area contributed by atoms with Crippen LogP contribution in [0.5, 0.6) is 5.75 Å². The van der Waals surface area contributed by atoms with Crippen LogP contribution in [0, 0.1) is 12.3 Å². The third-order valence-electron chi connectivity index (χ3n) is 4.11. The fourth-order valence-electron chi connectivity index (χ4n) is 2.91. The fraction of sp³-hybridized carbons (Fsp3) is 0.238. The lowest BCUT2D eigenvalue weighted by Crippen LogP contribution is -2.22. The number of carboxylic acids is 1. The maximum absolute atomic E-state index is 12.0. The van der Waals surface area contributed by atoms with Gasteiger partial charge in [0.15, 0.2) is 6.04 Å². The van der Waals surface area contributed by atoms with E-state index in [1.807, 2.05) is 13.0 Å². The Hall–Kier alpha value is -3.32. The van der Waals surface area contributed by atoms with Gasteiger partial charge in [-0.15, -0.1) is 6.58 Å². The second-order valence-electron chi connectivity index (χ2n) is 6.31. The number of hydrogen-bond donors (Lipinski definition) is 5. The first-order valence-corrected chi connectivity index (χ1v) is 8.79. The zero-order chi connectivity index (χ0) is 20.7. The molecule has 0 aliphatic heterocycles. The molecular formula is C21H25N3O4. The van der Waals surface area contributed by atoms with Gasteiger partial charge < -0.3 is 26.0 Å². The van der Waals surface area contributed by atoms with Crippen molar-refractivity contribution >= 4 is 17.5 Å². The Morgan fingerprint density at radius 1 is 1.36 bits per heavy atom. The maximum atomic E-state index is 12.0. The Morgan fingerprint density at radius 3 is 2.57 bits per heavy atom. The van der Waals surface area contributed by atoms with E-state index in [4.69, 9.17) is 21.0 Å². The molecule has 6 N–H and O–H groups in total. The zero-order valence-electron chi connectivity index (χ0n) is 15.7.